The number of morpholine rings is 1. The Hall–Kier alpha value is -1.74. The fourth-order valence-corrected chi connectivity index (χ4v) is 4.63. The van der Waals surface area contributed by atoms with E-state index in [1.165, 1.54) is 9.75 Å². The Morgan fingerprint density at radius 3 is 3.04 bits per heavy atom. The number of aryl methyl sites for hydroxylation is 1. The number of aromatic nitrogens is 2. The summed E-state index contributed by atoms with van der Waals surface area (Å²) in [5.74, 6) is -0.0993. The van der Waals surface area contributed by atoms with Crippen LogP contribution in [0.25, 0.3) is 0 Å². The second-order valence-electron chi connectivity index (χ2n) is 6.78. The highest BCUT2D eigenvalue weighted by Gasteiger charge is 2.26. The number of nitrogens with one attached hydrogen (secondary N) is 3. The van der Waals surface area contributed by atoms with Gasteiger partial charge in [-0.25, -0.2) is 0 Å². The zero-order valence-electron chi connectivity index (χ0n) is 15.0. The maximum atomic E-state index is 12.7. The van der Waals surface area contributed by atoms with Gasteiger partial charge in [0.1, 0.15) is 0 Å². The molecule has 1 amide bonds. The molecule has 2 aliphatic heterocycles. The lowest BCUT2D eigenvalue weighted by Gasteiger charge is -2.34. The quantitative estimate of drug-likeness (QED) is 0.732. The number of fused-ring (bicyclic) bond motifs is 1. The number of amides is 1. The van der Waals surface area contributed by atoms with Crippen molar-refractivity contribution in [2.45, 2.75) is 25.9 Å². The van der Waals surface area contributed by atoms with E-state index in [0.29, 0.717) is 18.8 Å². The van der Waals surface area contributed by atoms with Gasteiger partial charge in [-0.3, -0.25) is 14.8 Å². The van der Waals surface area contributed by atoms with Gasteiger partial charge >= 0.3 is 0 Å². The lowest BCUT2D eigenvalue weighted by atomic mass is 10.1. The SMILES string of the molecule is Cc1ccc(C(CNC(=O)c2n[nH]c3c2CNCC3)N2CCOCC2)s1. The predicted molar refractivity (Wildman–Crippen MR) is 101 cm³/mol. The molecule has 0 spiro atoms. The number of ether oxygens (including phenoxy) is 1. The molecule has 2 aromatic heterocycles. The van der Waals surface area contributed by atoms with Gasteiger partial charge in [-0.2, -0.15) is 5.10 Å². The van der Waals surface area contributed by atoms with Gasteiger partial charge in [0.05, 0.1) is 19.3 Å². The third kappa shape index (κ3) is 3.68. The van der Waals surface area contributed by atoms with Crippen LogP contribution < -0.4 is 10.6 Å². The molecule has 1 fully saturated rings. The average molecular weight is 375 g/mol. The normalized spacial score (nSPS) is 19.1. The Labute approximate surface area is 157 Å². The molecule has 1 atom stereocenters. The molecule has 1 saturated heterocycles. The molecule has 0 bridgehead atoms. The smallest absolute Gasteiger partial charge is 0.272 e. The minimum atomic E-state index is -0.0993. The van der Waals surface area contributed by atoms with E-state index in [2.05, 4.69) is 44.8 Å². The van der Waals surface area contributed by atoms with Crippen molar-refractivity contribution in [1.29, 1.82) is 0 Å². The summed E-state index contributed by atoms with van der Waals surface area (Å²) in [6, 6.07) is 4.49. The Bertz CT molecular complexity index is 765. The molecule has 2 aromatic rings. The third-order valence-electron chi connectivity index (χ3n) is 5.05. The number of carbonyl (C=O) groups excluding carboxylic acids is 1. The summed E-state index contributed by atoms with van der Waals surface area (Å²) in [6.07, 6.45) is 0.889. The van der Waals surface area contributed by atoms with E-state index in [9.17, 15) is 4.79 Å². The van der Waals surface area contributed by atoms with Crippen LogP contribution in [0.15, 0.2) is 12.1 Å². The van der Waals surface area contributed by atoms with Crippen molar-refractivity contribution in [2.24, 2.45) is 0 Å². The van der Waals surface area contributed by atoms with Gasteiger partial charge in [0.15, 0.2) is 5.69 Å². The zero-order chi connectivity index (χ0) is 17.9. The number of thiophene rings is 1. The first-order valence-electron chi connectivity index (χ1n) is 9.15. The predicted octanol–water partition coefficient (Wildman–Crippen LogP) is 1.23. The summed E-state index contributed by atoms with van der Waals surface area (Å²) in [7, 11) is 0. The lowest BCUT2D eigenvalue weighted by molar-refractivity contribution is 0.0169. The van der Waals surface area contributed by atoms with Crippen molar-refractivity contribution in [2.75, 3.05) is 39.4 Å². The van der Waals surface area contributed by atoms with Crippen molar-refractivity contribution in [3.8, 4) is 0 Å². The number of hydrogen-bond acceptors (Lipinski definition) is 6. The van der Waals surface area contributed by atoms with Crippen LogP contribution in [0, 0.1) is 6.92 Å². The largest absolute Gasteiger partial charge is 0.379 e. The Morgan fingerprint density at radius 2 is 2.27 bits per heavy atom. The van der Waals surface area contributed by atoms with E-state index in [1.807, 2.05) is 0 Å². The topological polar surface area (TPSA) is 82.3 Å². The Morgan fingerprint density at radius 1 is 1.42 bits per heavy atom. The van der Waals surface area contributed by atoms with Crippen LogP contribution in [0.3, 0.4) is 0 Å². The fraction of sp³-hybridized carbons (Fsp3) is 0.556. The van der Waals surface area contributed by atoms with Crippen molar-refractivity contribution < 1.29 is 9.53 Å². The lowest BCUT2D eigenvalue weighted by Crippen LogP contribution is -2.43. The van der Waals surface area contributed by atoms with Crippen molar-refractivity contribution in [1.82, 2.24) is 25.7 Å². The zero-order valence-corrected chi connectivity index (χ0v) is 15.8. The molecule has 0 aromatic carbocycles. The standard InChI is InChI=1S/C18H25N5O2S/c1-12-2-3-16(26-12)15(23-6-8-25-9-7-23)11-20-18(24)17-13-10-19-5-4-14(13)21-22-17/h2-3,15,19H,4-11H2,1H3,(H,20,24)(H,21,22). The molecule has 4 rings (SSSR count). The maximum Gasteiger partial charge on any atom is 0.272 e. The maximum absolute atomic E-state index is 12.7. The van der Waals surface area contributed by atoms with Crippen molar-refractivity contribution in [3.63, 3.8) is 0 Å². The van der Waals surface area contributed by atoms with Gasteiger partial charge in [-0.05, 0) is 19.1 Å². The first-order valence-corrected chi connectivity index (χ1v) is 9.97. The molecule has 8 heteroatoms. The molecule has 0 radical (unpaired) electrons. The van der Waals surface area contributed by atoms with Gasteiger partial charge in [0, 0.05) is 60.2 Å². The molecule has 140 valence electrons. The van der Waals surface area contributed by atoms with Crippen LogP contribution in [-0.2, 0) is 17.7 Å². The van der Waals surface area contributed by atoms with Gasteiger partial charge in [-0.15, -0.1) is 11.3 Å². The highest BCUT2D eigenvalue weighted by Crippen LogP contribution is 2.28. The van der Waals surface area contributed by atoms with E-state index >= 15 is 0 Å². The van der Waals surface area contributed by atoms with Gasteiger partial charge in [0.2, 0.25) is 0 Å². The van der Waals surface area contributed by atoms with Crippen molar-refractivity contribution >= 4 is 17.2 Å². The Balaban J connectivity index is 1.47. The highest BCUT2D eigenvalue weighted by atomic mass is 32.1. The van der Waals surface area contributed by atoms with Gasteiger partial charge in [-0.1, -0.05) is 0 Å². The first kappa shape index (κ1) is 17.7. The molecule has 2 aliphatic rings. The summed E-state index contributed by atoms with van der Waals surface area (Å²) in [4.78, 5) is 17.7. The molecule has 4 heterocycles. The summed E-state index contributed by atoms with van der Waals surface area (Å²) in [6.45, 7) is 7.58. The molecule has 1 unspecified atom stereocenters. The van der Waals surface area contributed by atoms with Crippen LogP contribution in [0.4, 0.5) is 0 Å². The minimum Gasteiger partial charge on any atom is -0.379 e. The van der Waals surface area contributed by atoms with Gasteiger partial charge in [0.25, 0.3) is 5.91 Å². The molecular formula is C18H25N5O2S. The number of nitrogens with zero attached hydrogens (tertiary/aromatic N) is 2. The van der Waals surface area contributed by atoms with E-state index in [1.54, 1.807) is 11.3 Å². The van der Waals surface area contributed by atoms with Crippen molar-refractivity contribution in [3.05, 3.63) is 38.8 Å². The van der Waals surface area contributed by atoms with Crippen LogP contribution >= 0.6 is 11.3 Å². The molecule has 26 heavy (non-hydrogen) atoms. The van der Waals surface area contributed by atoms with E-state index in [0.717, 1.165) is 50.5 Å². The number of rotatable bonds is 5. The van der Waals surface area contributed by atoms with Gasteiger partial charge < -0.3 is 15.4 Å². The molecule has 0 saturated carbocycles. The summed E-state index contributed by atoms with van der Waals surface area (Å²) >= 11 is 1.80. The van der Waals surface area contributed by atoms with Crippen LogP contribution in [0.5, 0.6) is 0 Å². The summed E-state index contributed by atoms with van der Waals surface area (Å²) < 4.78 is 5.49. The van der Waals surface area contributed by atoms with E-state index < -0.39 is 0 Å². The minimum absolute atomic E-state index is 0.0993. The highest BCUT2D eigenvalue weighted by molar-refractivity contribution is 7.12. The first-order chi connectivity index (χ1) is 12.7. The van der Waals surface area contributed by atoms with Crippen LogP contribution in [0.2, 0.25) is 0 Å². The number of H-pyrrole nitrogens is 1. The van der Waals surface area contributed by atoms with Crippen LogP contribution in [0.1, 0.15) is 37.5 Å². The fourth-order valence-electron chi connectivity index (χ4n) is 3.62. The second-order valence-corrected chi connectivity index (χ2v) is 8.10. The molecule has 3 N–H and O–H groups in total. The summed E-state index contributed by atoms with van der Waals surface area (Å²) in [5, 5.41) is 13.7. The number of carbonyl (C=O) groups is 1. The Kier molecular flexibility index (Phi) is 5.35. The molecule has 0 aliphatic carbocycles. The monoisotopic (exact) mass is 375 g/mol. The van der Waals surface area contributed by atoms with E-state index in [-0.39, 0.29) is 11.9 Å². The molecule has 7 nitrogen and oxygen atoms in total. The molecular weight excluding hydrogens is 350 g/mol. The number of hydrogen-bond donors (Lipinski definition) is 3. The number of aromatic amines is 1. The van der Waals surface area contributed by atoms with E-state index in [4.69, 9.17) is 4.74 Å². The average Bonchev–Trinajstić information content (AvgIpc) is 3.29. The third-order valence-corrected chi connectivity index (χ3v) is 6.16. The van der Waals surface area contributed by atoms with Crippen LogP contribution in [-0.4, -0.2) is 60.4 Å². The summed E-state index contributed by atoms with van der Waals surface area (Å²) in [5.41, 5.74) is 2.60. The second kappa shape index (κ2) is 7.87.